The van der Waals surface area contributed by atoms with E-state index in [4.69, 9.17) is 9.15 Å². The van der Waals surface area contributed by atoms with Gasteiger partial charge in [0.15, 0.2) is 5.43 Å². The van der Waals surface area contributed by atoms with Gasteiger partial charge in [-0.2, -0.15) is 0 Å². The number of pyridine rings is 2. The van der Waals surface area contributed by atoms with Gasteiger partial charge in [0.1, 0.15) is 17.1 Å². The second-order valence-corrected chi connectivity index (χ2v) is 8.25. The Balaban J connectivity index is 1.40. The van der Waals surface area contributed by atoms with Crippen LogP contribution in [-0.4, -0.2) is 28.5 Å². The molecule has 6 nitrogen and oxygen atoms in total. The Labute approximate surface area is 197 Å². The monoisotopic (exact) mass is 451 g/mol. The van der Waals surface area contributed by atoms with Gasteiger partial charge in [0, 0.05) is 60.7 Å². The molecule has 0 fully saturated rings. The van der Waals surface area contributed by atoms with Crippen molar-refractivity contribution in [2.45, 2.75) is 19.5 Å². The molecule has 3 aromatic rings. The lowest BCUT2D eigenvalue weighted by atomic mass is 10.0. The van der Waals surface area contributed by atoms with Crippen LogP contribution in [0.2, 0.25) is 0 Å². The second kappa shape index (κ2) is 9.85. The number of benzene rings is 2. The predicted molar refractivity (Wildman–Crippen MR) is 132 cm³/mol. The van der Waals surface area contributed by atoms with Crippen LogP contribution in [0.4, 0.5) is 0 Å². The minimum atomic E-state index is -0.0193. The van der Waals surface area contributed by atoms with E-state index in [1.807, 2.05) is 60.7 Å². The molecule has 0 atom stereocenters. The SMILES string of the molecule is COc1ccc2cc3cc(CCN(Cc4ccccn4)Cc4ccccn4)c(=O)cc-3oc2c1. The maximum atomic E-state index is 12.9. The predicted octanol–water partition coefficient (Wildman–Crippen LogP) is 4.94. The molecular weight excluding hydrogens is 426 g/mol. The van der Waals surface area contributed by atoms with Crippen molar-refractivity contribution in [3.63, 3.8) is 0 Å². The summed E-state index contributed by atoms with van der Waals surface area (Å²) in [5.74, 6) is 1.30. The Morgan fingerprint density at radius 1 is 0.882 bits per heavy atom. The van der Waals surface area contributed by atoms with Gasteiger partial charge < -0.3 is 9.15 Å². The van der Waals surface area contributed by atoms with Crippen molar-refractivity contribution < 1.29 is 9.15 Å². The molecule has 0 N–H and O–H groups in total. The number of rotatable bonds is 8. The molecule has 0 saturated heterocycles. The van der Waals surface area contributed by atoms with Crippen LogP contribution in [0.1, 0.15) is 17.0 Å². The van der Waals surface area contributed by atoms with Crippen LogP contribution in [0.3, 0.4) is 0 Å². The molecule has 1 aromatic carbocycles. The van der Waals surface area contributed by atoms with E-state index in [2.05, 4.69) is 20.9 Å². The van der Waals surface area contributed by atoms with Gasteiger partial charge in [-0.25, -0.2) is 0 Å². The minimum Gasteiger partial charge on any atom is -0.497 e. The zero-order chi connectivity index (χ0) is 23.3. The fourth-order valence-electron chi connectivity index (χ4n) is 4.09. The molecule has 0 amide bonds. The van der Waals surface area contributed by atoms with Gasteiger partial charge in [-0.3, -0.25) is 19.7 Å². The second-order valence-electron chi connectivity index (χ2n) is 8.25. The Morgan fingerprint density at radius 3 is 2.26 bits per heavy atom. The Kier molecular flexibility index (Phi) is 6.31. The van der Waals surface area contributed by atoms with E-state index in [1.54, 1.807) is 25.6 Å². The van der Waals surface area contributed by atoms with Crippen molar-refractivity contribution >= 4 is 11.0 Å². The molecule has 0 saturated carbocycles. The highest BCUT2D eigenvalue weighted by molar-refractivity contribution is 5.84. The standard InChI is InChI=1S/C28H25N3O3/c1-33-25-9-8-21-15-22-14-20(26(32)17-28(22)34-27(21)16-25)10-13-31(18-23-6-2-4-11-29-23)19-24-7-3-5-12-30-24/h2-9,11-12,14-17H,10,13,18-19H2,1H3. The number of methoxy groups -OCH3 is 1. The zero-order valence-corrected chi connectivity index (χ0v) is 19.0. The fraction of sp³-hybridized carbons (Fsp3) is 0.179. The van der Waals surface area contributed by atoms with Crippen LogP contribution < -0.4 is 10.2 Å². The van der Waals surface area contributed by atoms with Crippen molar-refractivity contribution in [3.05, 3.63) is 112 Å². The van der Waals surface area contributed by atoms with Crippen molar-refractivity contribution in [2.75, 3.05) is 13.7 Å². The molecule has 2 aliphatic rings. The lowest BCUT2D eigenvalue weighted by Gasteiger charge is -2.22. The average molecular weight is 452 g/mol. The number of hydrogen-bond acceptors (Lipinski definition) is 6. The molecule has 2 aromatic heterocycles. The van der Waals surface area contributed by atoms with Gasteiger partial charge in [-0.15, -0.1) is 0 Å². The van der Waals surface area contributed by atoms with E-state index < -0.39 is 0 Å². The van der Waals surface area contributed by atoms with Crippen molar-refractivity contribution in [1.82, 2.24) is 14.9 Å². The molecule has 0 unspecified atom stereocenters. The maximum Gasteiger partial charge on any atom is 0.185 e. The molecule has 1 aliphatic carbocycles. The summed E-state index contributed by atoms with van der Waals surface area (Å²) < 4.78 is 11.3. The molecule has 5 rings (SSSR count). The molecule has 34 heavy (non-hydrogen) atoms. The highest BCUT2D eigenvalue weighted by atomic mass is 16.5. The summed E-state index contributed by atoms with van der Waals surface area (Å²) in [5, 5.41) is 0.963. The van der Waals surface area contributed by atoms with E-state index in [0.29, 0.717) is 37.4 Å². The summed E-state index contributed by atoms with van der Waals surface area (Å²) in [6.07, 6.45) is 4.22. The van der Waals surface area contributed by atoms with E-state index in [0.717, 1.165) is 33.7 Å². The van der Waals surface area contributed by atoms with Gasteiger partial charge in [0.05, 0.1) is 18.5 Å². The first-order chi connectivity index (χ1) is 16.7. The Bertz CT molecular complexity index is 1380. The number of nitrogens with zero attached hydrogens (tertiary/aromatic N) is 3. The lowest BCUT2D eigenvalue weighted by molar-refractivity contribution is 0.254. The number of fused-ring (bicyclic) bond motifs is 2. The van der Waals surface area contributed by atoms with Gasteiger partial charge in [-0.05, 0) is 55.0 Å². The third-order valence-corrected chi connectivity index (χ3v) is 5.87. The first-order valence-corrected chi connectivity index (χ1v) is 11.2. The van der Waals surface area contributed by atoms with Gasteiger partial charge in [0.25, 0.3) is 0 Å². The maximum absolute atomic E-state index is 12.9. The zero-order valence-electron chi connectivity index (χ0n) is 19.0. The average Bonchev–Trinajstić information content (AvgIpc) is 2.87. The van der Waals surface area contributed by atoms with Gasteiger partial charge in [0.2, 0.25) is 0 Å². The summed E-state index contributed by atoms with van der Waals surface area (Å²) in [4.78, 5) is 24.1. The Morgan fingerprint density at radius 2 is 1.62 bits per heavy atom. The highest BCUT2D eigenvalue weighted by Gasteiger charge is 2.14. The summed E-state index contributed by atoms with van der Waals surface area (Å²) in [6.45, 7) is 2.07. The molecule has 1 aliphatic heterocycles. The first-order valence-electron chi connectivity index (χ1n) is 11.2. The first kappa shape index (κ1) is 21.8. The topological polar surface area (TPSA) is 68.5 Å². The smallest absolute Gasteiger partial charge is 0.185 e. The number of ether oxygens (including phenoxy) is 1. The van der Waals surface area contributed by atoms with E-state index in [9.17, 15) is 4.79 Å². The summed E-state index contributed by atoms with van der Waals surface area (Å²) >= 11 is 0. The van der Waals surface area contributed by atoms with Crippen LogP contribution in [0.5, 0.6) is 5.75 Å². The van der Waals surface area contributed by atoms with Crippen LogP contribution in [0, 0.1) is 0 Å². The number of hydrogen-bond donors (Lipinski definition) is 0. The molecule has 3 heterocycles. The molecule has 0 spiro atoms. The summed E-state index contributed by atoms with van der Waals surface area (Å²) in [7, 11) is 1.62. The molecule has 0 bridgehead atoms. The highest BCUT2D eigenvalue weighted by Crippen LogP contribution is 2.30. The fourth-order valence-corrected chi connectivity index (χ4v) is 4.09. The van der Waals surface area contributed by atoms with Crippen LogP contribution in [-0.2, 0) is 19.5 Å². The third kappa shape index (κ3) is 4.97. The van der Waals surface area contributed by atoms with Crippen molar-refractivity contribution in [3.8, 4) is 17.1 Å². The van der Waals surface area contributed by atoms with Gasteiger partial charge >= 0.3 is 0 Å². The minimum absolute atomic E-state index is 0.0193. The normalized spacial score (nSPS) is 11.4. The third-order valence-electron chi connectivity index (χ3n) is 5.87. The van der Waals surface area contributed by atoms with Crippen LogP contribution in [0.25, 0.3) is 22.3 Å². The van der Waals surface area contributed by atoms with E-state index >= 15 is 0 Å². The lowest BCUT2D eigenvalue weighted by Crippen LogP contribution is -2.27. The van der Waals surface area contributed by atoms with Crippen molar-refractivity contribution in [2.24, 2.45) is 0 Å². The Hall–Kier alpha value is -4.03. The molecular formula is C28H25N3O3. The van der Waals surface area contributed by atoms with Crippen LogP contribution >= 0.6 is 0 Å². The summed E-state index contributed by atoms with van der Waals surface area (Å²) in [6, 6.07) is 23.1. The van der Waals surface area contributed by atoms with E-state index in [1.165, 1.54) is 0 Å². The largest absolute Gasteiger partial charge is 0.497 e. The molecule has 6 heteroatoms. The van der Waals surface area contributed by atoms with Crippen LogP contribution in [0.15, 0.2) is 94.4 Å². The quantitative estimate of drug-likeness (QED) is 0.311. The van der Waals surface area contributed by atoms with E-state index in [-0.39, 0.29) is 5.43 Å². The molecule has 0 radical (unpaired) electrons. The van der Waals surface area contributed by atoms with Gasteiger partial charge in [-0.1, -0.05) is 12.1 Å². The van der Waals surface area contributed by atoms with Crippen molar-refractivity contribution in [1.29, 1.82) is 0 Å². The number of aromatic nitrogens is 2. The molecule has 170 valence electrons. The summed E-state index contributed by atoms with van der Waals surface area (Å²) in [5.41, 5.74) is 4.32.